The largest absolute Gasteiger partial charge is 0.481 e. The molecule has 0 bridgehead atoms. The summed E-state index contributed by atoms with van der Waals surface area (Å²) in [4.78, 5) is 16.7. The summed E-state index contributed by atoms with van der Waals surface area (Å²) in [5.74, 6) is 0.427. The first-order chi connectivity index (χ1) is 7.50. The summed E-state index contributed by atoms with van der Waals surface area (Å²) < 4.78 is 4.25. The van der Waals surface area contributed by atoms with Crippen LogP contribution in [0.25, 0.3) is 0 Å². The minimum Gasteiger partial charge on any atom is -0.481 e. The van der Waals surface area contributed by atoms with E-state index in [0.29, 0.717) is 18.9 Å². The van der Waals surface area contributed by atoms with Gasteiger partial charge in [-0.15, -0.1) is 0 Å². The lowest BCUT2D eigenvalue weighted by Crippen LogP contribution is -2.19. The first-order valence-corrected chi connectivity index (χ1v) is 6.04. The predicted octanol–water partition coefficient (Wildman–Crippen LogP) is 1.96. The summed E-state index contributed by atoms with van der Waals surface area (Å²) in [5.41, 5.74) is 0. The molecule has 0 saturated carbocycles. The van der Waals surface area contributed by atoms with Crippen molar-refractivity contribution in [3.63, 3.8) is 0 Å². The Kier molecular flexibility index (Phi) is 4.67. The molecule has 0 unspecified atom stereocenters. The number of anilines is 1. The van der Waals surface area contributed by atoms with Gasteiger partial charge in [0.25, 0.3) is 0 Å². The summed E-state index contributed by atoms with van der Waals surface area (Å²) in [6.07, 6.45) is 0.822. The Labute approximate surface area is 99.3 Å². The molecule has 1 rings (SSSR count). The van der Waals surface area contributed by atoms with Crippen LogP contribution in [0.5, 0.6) is 0 Å². The van der Waals surface area contributed by atoms with Gasteiger partial charge in [-0.1, -0.05) is 13.8 Å². The molecule has 1 heterocycles. The highest BCUT2D eigenvalue weighted by molar-refractivity contribution is 7.09. The normalized spacial score (nSPS) is 10.8. The van der Waals surface area contributed by atoms with E-state index in [0.717, 1.165) is 11.0 Å². The van der Waals surface area contributed by atoms with Crippen LogP contribution in [-0.4, -0.2) is 34.0 Å². The molecule has 0 aliphatic heterocycles. The van der Waals surface area contributed by atoms with Crippen molar-refractivity contribution in [2.45, 2.75) is 32.6 Å². The lowest BCUT2D eigenvalue weighted by Gasteiger charge is -2.13. The molecule has 0 radical (unpaired) electrons. The second-order valence-electron chi connectivity index (χ2n) is 4.01. The van der Waals surface area contributed by atoms with E-state index in [4.69, 9.17) is 5.11 Å². The number of aromatic nitrogens is 2. The topological polar surface area (TPSA) is 66.3 Å². The number of hydrogen-bond donors (Lipinski definition) is 1. The summed E-state index contributed by atoms with van der Waals surface area (Å²) in [6, 6.07) is 0. The molecule has 0 aliphatic rings. The fourth-order valence-corrected chi connectivity index (χ4v) is 1.97. The molecule has 1 aromatic rings. The number of hydrogen-bond acceptors (Lipinski definition) is 5. The second kappa shape index (κ2) is 5.79. The quantitative estimate of drug-likeness (QED) is 0.827. The van der Waals surface area contributed by atoms with Crippen LogP contribution in [-0.2, 0) is 4.79 Å². The van der Waals surface area contributed by atoms with E-state index in [1.54, 1.807) is 0 Å². The molecule has 0 fully saturated rings. The van der Waals surface area contributed by atoms with Gasteiger partial charge in [0.1, 0.15) is 5.82 Å². The zero-order chi connectivity index (χ0) is 12.1. The number of aliphatic carboxylic acids is 1. The Hall–Kier alpha value is -1.17. The Morgan fingerprint density at radius 2 is 2.25 bits per heavy atom. The van der Waals surface area contributed by atoms with Crippen molar-refractivity contribution in [3.05, 3.63) is 5.82 Å². The third-order valence-corrected chi connectivity index (χ3v) is 3.00. The van der Waals surface area contributed by atoms with Gasteiger partial charge in [0.15, 0.2) is 0 Å². The molecular weight excluding hydrogens is 226 g/mol. The summed E-state index contributed by atoms with van der Waals surface area (Å²) >= 11 is 1.36. The van der Waals surface area contributed by atoms with Crippen LogP contribution in [0, 0.1) is 0 Å². The molecule has 0 spiro atoms. The molecule has 0 aromatic carbocycles. The van der Waals surface area contributed by atoms with Crippen LogP contribution >= 0.6 is 11.5 Å². The number of carboxylic acid groups (broad SMARTS) is 1. The molecule has 5 nitrogen and oxygen atoms in total. The maximum absolute atomic E-state index is 10.4. The summed E-state index contributed by atoms with van der Waals surface area (Å²) in [5, 5.41) is 9.39. The van der Waals surface area contributed by atoms with Gasteiger partial charge < -0.3 is 10.0 Å². The van der Waals surface area contributed by atoms with Crippen LogP contribution < -0.4 is 4.90 Å². The smallest absolute Gasteiger partial charge is 0.303 e. The maximum atomic E-state index is 10.4. The third-order valence-electron chi connectivity index (χ3n) is 2.16. The molecule has 0 aliphatic carbocycles. The predicted molar refractivity (Wildman–Crippen MR) is 64.1 cm³/mol. The average molecular weight is 243 g/mol. The molecule has 0 atom stereocenters. The SMILES string of the molecule is CC(C)c1nsc(N(C)CCCC(=O)O)n1. The van der Waals surface area contributed by atoms with Crippen LogP contribution in [0.2, 0.25) is 0 Å². The van der Waals surface area contributed by atoms with Crippen molar-refractivity contribution in [1.29, 1.82) is 0 Å². The van der Waals surface area contributed by atoms with E-state index in [-0.39, 0.29) is 6.42 Å². The van der Waals surface area contributed by atoms with E-state index < -0.39 is 5.97 Å². The molecule has 16 heavy (non-hydrogen) atoms. The molecule has 1 N–H and O–H groups in total. The number of carbonyl (C=O) groups is 1. The fraction of sp³-hybridized carbons (Fsp3) is 0.700. The molecule has 1 aromatic heterocycles. The van der Waals surface area contributed by atoms with Crippen molar-refractivity contribution < 1.29 is 9.90 Å². The standard InChI is InChI=1S/C10H17N3O2S/c1-7(2)9-11-10(16-12-9)13(3)6-4-5-8(14)15/h7H,4-6H2,1-3H3,(H,14,15). The Morgan fingerprint density at radius 1 is 1.56 bits per heavy atom. The zero-order valence-corrected chi connectivity index (χ0v) is 10.6. The van der Waals surface area contributed by atoms with Crippen molar-refractivity contribution >= 4 is 22.6 Å². The molecule has 0 amide bonds. The first-order valence-electron chi connectivity index (χ1n) is 5.27. The van der Waals surface area contributed by atoms with Crippen molar-refractivity contribution in [2.24, 2.45) is 0 Å². The third kappa shape index (κ3) is 3.77. The van der Waals surface area contributed by atoms with E-state index in [1.165, 1.54) is 11.5 Å². The minimum absolute atomic E-state index is 0.195. The van der Waals surface area contributed by atoms with Crippen LogP contribution in [0.1, 0.15) is 38.4 Å². The van der Waals surface area contributed by atoms with Gasteiger partial charge in [-0.2, -0.15) is 4.37 Å². The molecule has 6 heteroatoms. The monoisotopic (exact) mass is 243 g/mol. The molecular formula is C10H17N3O2S. The summed E-state index contributed by atoms with van der Waals surface area (Å²) in [7, 11) is 1.91. The minimum atomic E-state index is -0.756. The van der Waals surface area contributed by atoms with E-state index in [9.17, 15) is 4.79 Å². The Morgan fingerprint density at radius 3 is 2.75 bits per heavy atom. The second-order valence-corrected chi connectivity index (χ2v) is 4.74. The maximum Gasteiger partial charge on any atom is 0.303 e. The van der Waals surface area contributed by atoms with Gasteiger partial charge in [-0.05, 0) is 6.42 Å². The highest BCUT2D eigenvalue weighted by Gasteiger charge is 2.11. The van der Waals surface area contributed by atoms with Gasteiger partial charge >= 0.3 is 5.97 Å². The number of carboxylic acids is 1. The highest BCUT2D eigenvalue weighted by Crippen LogP contribution is 2.20. The van der Waals surface area contributed by atoms with Crippen molar-refractivity contribution in [3.8, 4) is 0 Å². The van der Waals surface area contributed by atoms with Crippen LogP contribution in [0.3, 0.4) is 0 Å². The Bertz CT molecular complexity index is 352. The van der Waals surface area contributed by atoms with Gasteiger partial charge in [-0.25, -0.2) is 4.98 Å². The fourth-order valence-electron chi connectivity index (χ4n) is 1.18. The number of rotatable bonds is 6. The van der Waals surface area contributed by atoms with Gasteiger partial charge in [0.05, 0.1) is 0 Å². The lowest BCUT2D eigenvalue weighted by atomic mass is 10.2. The highest BCUT2D eigenvalue weighted by atomic mass is 32.1. The van der Waals surface area contributed by atoms with Crippen LogP contribution in [0.4, 0.5) is 5.13 Å². The van der Waals surface area contributed by atoms with Gasteiger partial charge in [0.2, 0.25) is 5.13 Å². The van der Waals surface area contributed by atoms with Gasteiger partial charge in [0, 0.05) is 37.5 Å². The zero-order valence-electron chi connectivity index (χ0n) is 9.80. The van der Waals surface area contributed by atoms with Gasteiger partial charge in [-0.3, -0.25) is 4.79 Å². The van der Waals surface area contributed by atoms with Crippen molar-refractivity contribution in [1.82, 2.24) is 9.36 Å². The average Bonchev–Trinajstić information content (AvgIpc) is 2.65. The molecule has 0 saturated heterocycles. The Balaban J connectivity index is 2.46. The van der Waals surface area contributed by atoms with E-state index in [1.807, 2.05) is 11.9 Å². The van der Waals surface area contributed by atoms with E-state index >= 15 is 0 Å². The van der Waals surface area contributed by atoms with Crippen LogP contribution in [0.15, 0.2) is 0 Å². The number of nitrogens with zero attached hydrogens (tertiary/aromatic N) is 3. The first kappa shape index (κ1) is 12.9. The summed E-state index contributed by atoms with van der Waals surface area (Å²) in [6.45, 7) is 4.80. The van der Waals surface area contributed by atoms with Crippen molar-refractivity contribution in [2.75, 3.05) is 18.5 Å². The van der Waals surface area contributed by atoms with E-state index in [2.05, 4.69) is 23.2 Å². The lowest BCUT2D eigenvalue weighted by molar-refractivity contribution is -0.137. The molecule has 90 valence electrons.